The van der Waals surface area contributed by atoms with Crippen LogP contribution in [0, 0.1) is 5.92 Å². The van der Waals surface area contributed by atoms with Crippen molar-refractivity contribution in [1.29, 1.82) is 0 Å². The maximum absolute atomic E-state index is 10.1. The summed E-state index contributed by atoms with van der Waals surface area (Å²) in [7, 11) is 0. The maximum Gasteiger partial charge on any atom is 0.329 e. The minimum atomic E-state index is -0.871. The van der Waals surface area contributed by atoms with E-state index in [-0.39, 0.29) is 12.7 Å². The molecule has 1 saturated carbocycles. The third kappa shape index (κ3) is 2.50. The van der Waals surface area contributed by atoms with Gasteiger partial charge in [-0.1, -0.05) is 13.3 Å². The summed E-state index contributed by atoms with van der Waals surface area (Å²) in [5.41, 5.74) is 0. The summed E-state index contributed by atoms with van der Waals surface area (Å²) in [6.07, 6.45) is 3.55. The Labute approximate surface area is 66.4 Å². The molecule has 3 heteroatoms. The first-order valence-corrected chi connectivity index (χ1v) is 4.03. The highest BCUT2D eigenvalue weighted by molar-refractivity contribution is 5.68. The van der Waals surface area contributed by atoms with E-state index in [1.54, 1.807) is 0 Å². The molecule has 64 valence electrons. The molecule has 11 heavy (non-hydrogen) atoms. The number of carboxylic acids is 1. The standard InChI is InChI=1S/C8H14O3/c1-6-3-2-4-7(6)11-5-8(9)10/h6-7H,2-5H2,1H3,(H,9,10)/t6-,7-/m1/s1. The van der Waals surface area contributed by atoms with Crippen LogP contribution in [-0.2, 0) is 9.53 Å². The van der Waals surface area contributed by atoms with Gasteiger partial charge < -0.3 is 9.84 Å². The predicted octanol–water partition coefficient (Wildman–Crippen LogP) is 1.28. The summed E-state index contributed by atoms with van der Waals surface area (Å²) in [5.74, 6) is -0.335. The van der Waals surface area contributed by atoms with Crippen LogP contribution in [-0.4, -0.2) is 23.8 Å². The lowest BCUT2D eigenvalue weighted by atomic mass is 10.1. The van der Waals surface area contributed by atoms with Crippen LogP contribution in [0.25, 0.3) is 0 Å². The van der Waals surface area contributed by atoms with Gasteiger partial charge in [-0.3, -0.25) is 0 Å². The number of ether oxygens (including phenoxy) is 1. The molecular formula is C8H14O3. The van der Waals surface area contributed by atoms with Crippen LogP contribution in [0.2, 0.25) is 0 Å². The molecule has 0 aromatic heterocycles. The van der Waals surface area contributed by atoms with Crippen molar-refractivity contribution in [3.63, 3.8) is 0 Å². The third-order valence-corrected chi connectivity index (χ3v) is 2.20. The Morgan fingerprint density at radius 3 is 2.82 bits per heavy atom. The lowest BCUT2D eigenvalue weighted by Gasteiger charge is -2.14. The van der Waals surface area contributed by atoms with E-state index in [0.29, 0.717) is 5.92 Å². The van der Waals surface area contributed by atoms with Crippen molar-refractivity contribution in [2.45, 2.75) is 32.3 Å². The zero-order chi connectivity index (χ0) is 8.27. The minimum Gasteiger partial charge on any atom is -0.480 e. The van der Waals surface area contributed by atoms with E-state index in [0.717, 1.165) is 6.42 Å². The number of hydrogen-bond acceptors (Lipinski definition) is 2. The van der Waals surface area contributed by atoms with Crippen molar-refractivity contribution in [3.05, 3.63) is 0 Å². The molecule has 0 amide bonds. The normalized spacial score (nSPS) is 30.6. The summed E-state index contributed by atoms with van der Waals surface area (Å²) >= 11 is 0. The molecule has 0 radical (unpaired) electrons. The second-order valence-corrected chi connectivity index (χ2v) is 3.15. The predicted molar refractivity (Wildman–Crippen MR) is 40.4 cm³/mol. The number of hydrogen-bond donors (Lipinski definition) is 1. The van der Waals surface area contributed by atoms with Gasteiger partial charge in [-0.05, 0) is 18.8 Å². The van der Waals surface area contributed by atoms with E-state index in [1.807, 2.05) is 0 Å². The van der Waals surface area contributed by atoms with Crippen LogP contribution in [0.3, 0.4) is 0 Å². The van der Waals surface area contributed by atoms with Gasteiger partial charge >= 0.3 is 5.97 Å². The first-order valence-electron chi connectivity index (χ1n) is 4.03. The maximum atomic E-state index is 10.1. The van der Waals surface area contributed by atoms with Gasteiger partial charge in [-0.15, -0.1) is 0 Å². The molecular weight excluding hydrogens is 144 g/mol. The molecule has 0 aromatic rings. The molecule has 0 saturated heterocycles. The highest BCUT2D eigenvalue weighted by Crippen LogP contribution is 2.27. The van der Waals surface area contributed by atoms with Gasteiger partial charge in [-0.2, -0.15) is 0 Å². The fourth-order valence-corrected chi connectivity index (χ4v) is 1.54. The molecule has 0 unspecified atom stereocenters. The van der Waals surface area contributed by atoms with Gasteiger partial charge in [0.1, 0.15) is 6.61 Å². The Kier molecular flexibility index (Phi) is 2.88. The topological polar surface area (TPSA) is 46.5 Å². The molecule has 1 fully saturated rings. The summed E-state index contributed by atoms with van der Waals surface area (Å²) < 4.78 is 5.18. The van der Waals surface area contributed by atoms with Crippen LogP contribution in [0.15, 0.2) is 0 Å². The molecule has 0 heterocycles. The number of aliphatic carboxylic acids is 1. The molecule has 1 N–H and O–H groups in total. The van der Waals surface area contributed by atoms with Gasteiger partial charge in [0, 0.05) is 0 Å². The molecule has 1 rings (SSSR count). The van der Waals surface area contributed by atoms with E-state index in [1.165, 1.54) is 12.8 Å². The van der Waals surface area contributed by atoms with E-state index in [4.69, 9.17) is 9.84 Å². The van der Waals surface area contributed by atoms with Crippen LogP contribution in [0.1, 0.15) is 26.2 Å². The average molecular weight is 158 g/mol. The van der Waals surface area contributed by atoms with E-state index in [2.05, 4.69) is 6.92 Å². The summed E-state index contributed by atoms with van der Waals surface area (Å²) in [6.45, 7) is 1.97. The van der Waals surface area contributed by atoms with Crippen molar-refractivity contribution in [2.24, 2.45) is 5.92 Å². The highest BCUT2D eigenvalue weighted by atomic mass is 16.5. The molecule has 0 bridgehead atoms. The zero-order valence-corrected chi connectivity index (χ0v) is 6.75. The van der Waals surface area contributed by atoms with Crippen molar-refractivity contribution < 1.29 is 14.6 Å². The second-order valence-electron chi connectivity index (χ2n) is 3.15. The Hall–Kier alpha value is -0.570. The lowest BCUT2D eigenvalue weighted by molar-refractivity contribution is -0.144. The van der Waals surface area contributed by atoms with Crippen molar-refractivity contribution in [3.8, 4) is 0 Å². The summed E-state index contributed by atoms with van der Waals surface area (Å²) in [4.78, 5) is 10.1. The molecule has 0 aromatic carbocycles. The Bertz CT molecular complexity index is 144. The Morgan fingerprint density at radius 2 is 2.36 bits per heavy atom. The van der Waals surface area contributed by atoms with Crippen LogP contribution in [0.4, 0.5) is 0 Å². The number of rotatable bonds is 3. The Balaban J connectivity index is 2.20. The van der Waals surface area contributed by atoms with E-state index < -0.39 is 5.97 Å². The van der Waals surface area contributed by atoms with Crippen molar-refractivity contribution in [2.75, 3.05) is 6.61 Å². The van der Waals surface area contributed by atoms with Gasteiger partial charge in [0.05, 0.1) is 6.10 Å². The quantitative estimate of drug-likeness (QED) is 0.673. The first-order chi connectivity index (χ1) is 5.20. The van der Waals surface area contributed by atoms with Crippen LogP contribution in [0.5, 0.6) is 0 Å². The minimum absolute atomic E-state index is 0.144. The largest absolute Gasteiger partial charge is 0.480 e. The van der Waals surface area contributed by atoms with Gasteiger partial charge in [0.2, 0.25) is 0 Å². The molecule has 3 nitrogen and oxygen atoms in total. The molecule has 1 aliphatic carbocycles. The monoisotopic (exact) mass is 158 g/mol. The van der Waals surface area contributed by atoms with E-state index in [9.17, 15) is 4.79 Å². The van der Waals surface area contributed by atoms with E-state index >= 15 is 0 Å². The lowest BCUT2D eigenvalue weighted by Crippen LogP contribution is -2.19. The highest BCUT2D eigenvalue weighted by Gasteiger charge is 2.24. The number of carbonyl (C=O) groups is 1. The Morgan fingerprint density at radius 1 is 1.64 bits per heavy atom. The zero-order valence-electron chi connectivity index (χ0n) is 6.75. The fourth-order valence-electron chi connectivity index (χ4n) is 1.54. The smallest absolute Gasteiger partial charge is 0.329 e. The SMILES string of the molecule is C[C@@H]1CCC[C@H]1OCC(=O)O. The van der Waals surface area contributed by atoms with Crippen molar-refractivity contribution >= 4 is 5.97 Å². The molecule has 2 atom stereocenters. The molecule has 0 aliphatic heterocycles. The second kappa shape index (κ2) is 3.72. The van der Waals surface area contributed by atoms with Crippen molar-refractivity contribution in [1.82, 2.24) is 0 Å². The summed E-state index contributed by atoms with van der Waals surface area (Å²) in [6, 6.07) is 0. The van der Waals surface area contributed by atoms with Crippen LogP contribution < -0.4 is 0 Å². The van der Waals surface area contributed by atoms with Crippen LogP contribution >= 0.6 is 0 Å². The first kappa shape index (κ1) is 8.53. The van der Waals surface area contributed by atoms with Gasteiger partial charge in [0.15, 0.2) is 0 Å². The molecule has 1 aliphatic rings. The average Bonchev–Trinajstić information content (AvgIpc) is 2.31. The summed E-state index contributed by atoms with van der Waals surface area (Å²) in [5, 5.41) is 8.34. The number of carboxylic acid groups (broad SMARTS) is 1. The fraction of sp³-hybridized carbons (Fsp3) is 0.875. The van der Waals surface area contributed by atoms with Gasteiger partial charge in [0.25, 0.3) is 0 Å². The third-order valence-electron chi connectivity index (χ3n) is 2.20. The molecule has 0 spiro atoms. The van der Waals surface area contributed by atoms with Gasteiger partial charge in [-0.25, -0.2) is 4.79 Å².